The summed E-state index contributed by atoms with van der Waals surface area (Å²) in [6, 6.07) is 3.03. The zero-order valence-corrected chi connectivity index (χ0v) is 17.7. The Morgan fingerprint density at radius 2 is 2.09 bits per heavy atom. The smallest absolute Gasteiger partial charge is 0.257 e. The highest BCUT2D eigenvalue weighted by molar-refractivity contribution is 5.76. The Balaban J connectivity index is 1.47. The number of carbonyl (C=O) groups is 1. The lowest BCUT2D eigenvalue weighted by atomic mass is 10.2. The third kappa shape index (κ3) is 4.87. The van der Waals surface area contributed by atoms with Crippen LogP contribution >= 0.6 is 0 Å². The fraction of sp³-hybridized carbons (Fsp3) is 0.429. The number of alkyl halides is 2. The quantitative estimate of drug-likeness (QED) is 0.532. The number of pyridine rings is 2. The number of hydrogen-bond donors (Lipinski definition) is 1. The fourth-order valence-corrected chi connectivity index (χ4v) is 3.05. The van der Waals surface area contributed by atoms with Crippen molar-refractivity contribution in [1.29, 1.82) is 0 Å². The van der Waals surface area contributed by atoms with E-state index in [1.165, 1.54) is 26.4 Å². The second kappa shape index (κ2) is 8.56. The highest BCUT2D eigenvalue weighted by atomic mass is 19.3. The number of rotatable bonds is 9. The lowest BCUT2D eigenvalue weighted by Gasteiger charge is -2.12. The molecule has 0 radical (unpaired) electrons. The Hall–Kier alpha value is -3.50. The van der Waals surface area contributed by atoms with Crippen molar-refractivity contribution in [3.63, 3.8) is 0 Å². The van der Waals surface area contributed by atoms with Crippen LogP contribution in [0.15, 0.2) is 28.9 Å². The number of aromatic nitrogens is 3. The van der Waals surface area contributed by atoms with Gasteiger partial charge in [0.05, 0.1) is 37.4 Å². The van der Waals surface area contributed by atoms with Crippen molar-refractivity contribution in [2.75, 3.05) is 20.3 Å². The average Bonchev–Trinajstić information content (AvgIpc) is 3.16. The Bertz CT molecular complexity index is 1140. The molecule has 2 atom stereocenters. The number of hydrogen-bond acceptors (Lipinski definition) is 8. The molecule has 0 saturated heterocycles. The minimum absolute atomic E-state index is 0.126. The molecule has 3 aromatic heterocycles. The second-order valence-corrected chi connectivity index (χ2v) is 7.63. The molecule has 0 unspecified atom stereocenters. The van der Waals surface area contributed by atoms with Gasteiger partial charge in [0.25, 0.3) is 11.8 Å². The van der Waals surface area contributed by atoms with E-state index >= 15 is 0 Å². The molecule has 0 aliphatic heterocycles. The first-order valence-electron chi connectivity index (χ1n) is 9.96. The van der Waals surface area contributed by atoms with Gasteiger partial charge in [0.1, 0.15) is 12.1 Å². The maximum Gasteiger partial charge on any atom is 0.257 e. The summed E-state index contributed by atoms with van der Waals surface area (Å²) in [5.41, 5.74) is 1.48. The van der Waals surface area contributed by atoms with Crippen LogP contribution in [-0.4, -0.2) is 53.1 Å². The Morgan fingerprint density at radius 1 is 1.31 bits per heavy atom. The van der Waals surface area contributed by atoms with E-state index < -0.39 is 11.8 Å². The van der Waals surface area contributed by atoms with Crippen molar-refractivity contribution < 1.29 is 32.2 Å². The first-order chi connectivity index (χ1) is 15.2. The lowest BCUT2D eigenvalue weighted by molar-refractivity contribution is -0.119. The summed E-state index contributed by atoms with van der Waals surface area (Å²) in [6.45, 7) is 3.36. The first-order valence-corrected chi connectivity index (χ1v) is 9.96. The maximum absolute atomic E-state index is 13.1. The number of amides is 1. The van der Waals surface area contributed by atoms with Crippen LogP contribution in [0.2, 0.25) is 0 Å². The molecular formula is C21H22F2N4O5. The second-order valence-electron chi connectivity index (χ2n) is 7.63. The molecule has 0 bridgehead atoms. The first kappa shape index (κ1) is 21.7. The van der Waals surface area contributed by atoms with Gasteiger partial charge in [0.2, 0.25) is 17.7 Å². The maximum atomic E-state index is 13.1. The number of nitrogens with one attached hydrogen (secondary N) is 1. The lowest BCUT2D eigenvalue weighted by Crippen LogP contribution is -2.35. The molecule has 1 amide bonds. The number of ether oxygens (including phenoxy) is 3. The summed E-state index contributed by atoms with van der Waals surface area (Å²) in [4.78, 5) is 23.8. The van der Waals surface area contributed by atoms with E-state index in [2.05, 4.69) is 20.3 Å². The van der Waals surface area contributed by atoms with Crippen LogP contribution in [0.25, 0.3) is 22.6 Å². The van der Waals surface area contributed by atoms with Gasteiger partial charge >= 0.3 is 0 Å². The van der Waals surface area contributed by atoms with Crippen LogP contribution in [0.5, 0.6) is 17.5 Å². The van der Waals surface area contributed by atoms with Crippen LogP contribution in [0.1, 0.15) is 20.3 Å². The number of halogens is 2. The van der Waals surface area contributed by atoms with Crippen molar-refractivity contribution in [3.05, 3.63) is 24.5 Å². The molecule has 1 N–H and O–H groups in total. The largest absolute Gasteiger partial charge is 0.491 e. The third-order valence-electron chi connectivity index (χ3n) is 4.84. The number of oxazole rings is 1. The number of methoxy groups -OCH3 is 1. The predicted octanol–water partition coefficient (Wildman–Crippen LogP) is 3.23. The molecule has 9 nitrogen and oxygen atoms in total. The molecule has 32 heavy (non-hydrogen) atoms. The zero-order valence-electron chi connectivity index (χ0n) is 17.7. The van der Waals surface area contributed by atoms with Crippen molar-refractivity contribution >= 4 is 17.0 Å². The molecule has 170 valence electrons. The average molecular weight is 448 g/mol. The molecular weight excluding hydrogens is 426 g/mol. The van der Waals surface area contributed by atoms with Crippen molar-refractivity contribution in [1.82, 2.24) is 20.3 Å². The summed E-state index contributed by atoms with van der Waals surface area (Å²) in [7, 11) is 1.43. The van der Waals surface area contributed by atoms with E-state index in [1.54, 1.807) is 12.1 Å². The van der Waals surface area contributed by atoms with Crippen molar-refractivity contribution in [2.45, 2.75) is 32.2 Å². The molecule has 1 aliphatic rings. The molecule has 1 fully saturated rings. The topological polar surface area (TPSA) is 109 Å². The summed E-state index contributed by atoms with van der Waals surface area (Å²) >= 11 is 0. The van der Waals surface area contributed by atoms with Crippen LogP contribution in [0.4, 0.5) is 8.78 Å². The van der Waals surface area contributed by atoms with E-state index in [4.69, 9.17) is 18.6 Å². The van der Waals surface area contributed by atoms with Crippen molar-refractivity contribution in [3.8, 4) is 29.0 Å². The monoisotopic (exact) mass is 448 g/mol. The van der Waals surface area contributed by atoms with E-state index in [-0.39, 0.29) is 49.1 Å². The van der Waals surface area contributed by atoms with Crippen LogP contribution in [0.3, 0.4) is 0 Å². The Morgan fingerprint density at radius 3 is 2.78 bits per heavy atom. The minimum atomic E-state index is -2.66. The number of nitrogens with zero attached hydrogens (tertiary/aromatic N) is 3. The van der Waals surface area contributed by atoms with Crippen LogP contribution in [0, 0.1) is 5.92 Å². The fourth-order valence-electron chi connectivity index (χ4n) is 3.05. The SMILES string of the molecule is COc1cc(-c2nc3cnc(OC[C@H](C)NC(C)=O)cc3o2)cnc1OC[C@H]1CC1(F)F. The van der Waals surface area contributed by atoms with Gasteiger partial charge in [0, 0.05) is 25.6 Å². The van der Waals surface area contributed by atoms with Gasteiger partial charge in [-0.2, -0.15) is 0 Å². The standard InChI is InChI=1S/C21H22F2N4O5/c1-11(26-12(2)28)9-30-18-5-16-15(8-24-18)27-19(32-16)13-4-17(29-3)20(25-7-13)31-10-14-6-21(14,22)23/h4-5,7-8,11,14H,6,9-10H2,1-3H3,(H,26,28)/t11-,14+/m0/s1. The summed E-state index contributed by atoms with van der Waals surface area (Å²) in [5.74, 6) is -2.59. The Labute approximate surface area is 182 Å². The highest BCUT2D eigenvalue weighted by Gasteiger charge is 2.57. The van der Waals surface area contributed by atoms with Gasteiger partial charge in [-0.1, -0.05) is 0 Å². The van der Waals surface area contributed by atoms with Gasteiger partial charge in [-0.3, -0.25) is 4.79 Å². The molecule has 0 aromatic carbocycles. The molecule has 11 heteroatoms. The van der Waals surface area contributed by atoms with Gasteiger partial charge in [-0.05, 0) is 13.0 Å². The van der Waals surface area contributed by atoms with Crippen LogP contribution in [-0.2, 0) is 4.79 Å². The van der Waals surface area contributed by atoms with E-state index in [0.717, 1.165) is 0 Å². The van der Waals surface area contributed by atoms with Crippen LogP contribution < -0.4 is 19.5 Å². The molecule has 4 rings (SSSR count). The van der Waals surface area contributed by atoms with Gasteiger partial charge < -0.3 is 23.9 Å². The van der Waals surface area contributed by atoms with Gasteiger partial charge in [0.15, 0.2) is 11.3 Å². The summed E-state index contributed by atoms with van der Waals surface area (Å²) < 4.78 is 48.2. The minimum Gasteiger partial charge on any atom is -0.491 e. The van der Waals surface area contributed by atoms with E-state index in [0.29, 0.717) is 22.5 Å². The predicted molar refractivity (Wildman–Crippen MR) is 109 cm³/mol. The molecule has 3 aromatic rings. The van der Waals surface area contributed by atoms with E-state index in [9.17, 15) is 13.6 Å². The normalized spacial score (nSPS) is 17.6. The summed E-state index contributed by atoms with van der Waals surface area (Å²) in [5, 5.41) is 2.72. The zero-order chi connectivity index (χ0) is 22.9. The molecule has 1 saturated carbocycles. The summed E-state index contributed by atoms with van der Waals surface area (Å²) in [6.07, 6.45) is 2.80. The molecule has 0 spiro atoms. The van der Waals surface area contributed by atoms with Crippen molar-refractivity contribution in [2.24, 2.45) is 5.92 Å². The van der Waals surface area contributed by atoms with Gasteiger partial charge in [-0.25, -0.2) is 23.7 Å². The molecule has 3 heterocycles. The third-order valence-corrected chi connectivity index (χ3v) is 4.84. The Kier molecular flexibility index (Phi) is 5.81. The van der Waals surface area contributed by atoms with E-state index in [1.807, 2.05) is 6.92 Å². The number of carbonyl (C=O) groups excluding carboxylic acids is 1. The number of fused-ring (bicyclic) bond motifs is 1. The molecule has 1 aliphatic carbocycles. The highest BCUT2D eigenvalue weighted by Crippen LogP contribution is 2.48. The van der Waals surface area contributed by atoms with Gasteiger partial charge in [-0.15, -0.1) is 0 Å².